The fraction of sp³-hybridized carbons (Fsp3) is 0.850. The lowest BCUT2D eigenvalue weighted by atomic mass is 9.47. The van der Waals surface area contributed by atoms with E-state index in [1.54, 1.807) is 5.57 Å². The predicted molar refractivity (Wildman–Crippen MR) is 83.7 cm³/mol. The third-order valence-electron chi connectivity index (χ3n) is 8.53. The molecule has 0 spiro atoms. The molecular formula is C20H28O. The molecule has 0 heterocycles. The van der Waals surface area contributed by atoms with Gasteiger partial charge in [0.25, 0.3) is 0 Å². The number of carbonyl (C=O) groups excluding carboxylic acids is 1. The topological polar surface area (TPSA) is 17.1 Å². The van der Waals surface area contributed by atoms with Crippen molar-refractivity contribution >= 4 is 5.78 Å². The quantitative estimate of drug-likeness (QED) is 0.626. The minimum absolute atomic E-state index is 0.375. The van der Waals surface area contributed by atoms with Crippen molar-refractivity contribution in [2.75, 3.05) is 0 Å². The highest BCUT2D eigenvalue weighted by atomic mass is 16.1. The summed E-state index contributed by atoms with van der Waals surface area (Å²) >= 11 is 0. The largest absolute Gasteiger partial charge is 0.295 e. The first-order valence-electron chi connectivity index (χ1n) is 9.28. The van der Waals surface area contributed by atoms with Gasteiger partial charge in [0.15, 0.2) is 5.78 Å². The van der Waals surface area contributed by atoms with Crippen molar-refractivity contribution in [2.45, 2.75) is 65.2 Å². The minimum Gasteiger partial charge on any atom is -0.295 e. The second-order valence-corrected chi connectivity index (χ2v) is 9.36. The van der Waals surface area contributed by atoms with Gasteiger partial charge in [-0.05, 0) is 85.0 Å². The van der Waals surface area contributed by atoms with Gasteiger partial charge in [-0.25, -0.2) is 0 Å². The van der Waals surface area contributed by atoms with Crippen LogP contribution in [0.3, 0.4) is 0 Å². The lowest BCUT2D eigenvalue weighted by molar-refractivity contribution is -0.117. The van der Waals surface area contributed by atoms with E-state index in [-0.39, 0.29) is 0 Å². The van der Waals surface area contributed by atoms with E-state index in [0.717, 1.165) is 42.4 Å². The van der Waals surface area contributed by atoms with Crippen molar-refractivity contribution in [1.29, 1.82) is 0 Å². The molecule has 0 bridgehead atoms. The molecule has 21 heavy (non-hydrogen) atoms. The number of allylic oxidation sites excluding steroid dienone is 1. The van der Waals surface area contributed by atoms with Gasteiger partial charge in [-0.1, -0.05) is 25.8 Å². The van der Waals surface area contributed by atoms with E-state index < -0.39 is 0 Å². The first-order chi connectivity index (χ1) is 10.0. The summed E-state index contributed by atoms with van der Waals surface area (Å²) < 4.78 is 0. The first kappa shape index (κ1) is 12.9. The van der Waals surface area contributed by atoms with Crippen molar-refractivity contribution in [3.05, 3.63) is 11.6 Å². The molecule has 1 nitrogen and oxygen atoms in total. The molecule has 0 radical (unpaired) electrons. The Bertz CT molecular complexity index is 546. The SMILES string of the molecule is C[C@@]12CCC[C@H]1[C@@H]1C3CC3C3=CC(=O)CC[C@]3(C)[C@H]1CC2. The Labute approximate surface area is 128 Å². The Morgan fingerprint density at radius 3 is 2.81 bits per heavy atom. The van der Waals surface area contributed by atoms with E-state index in [4.69, 9.17) is 0 Å². The molecule has 0 aromatic carbocycles. The number of rotatable bonds is 0. The molecule has 1 heteroatoms. The molecular weight excluding hydrogens is 256 g/mol. The summed E-state index contributed by atoms with van der Waals surface area (Å²) in [5.41, 5.74) is 2.63. The highest BCUT2D eigenvalue weighted by Crippen LogP contribution is 2.73. The van der Waals surface area contributed by atoms with E-state index in [1.165, 1.54) is 38.5 Å². The zero-order valence-electron chi connectivity index (χ0n) is 13.5. The molecule has 0 N–H and O–H groups in total. The highest BCUT2D eigenvalue weighted by molar-refractivity contribution is 5.92. The van der Waals surface area contributed by atoms with Gasteiger partial charge in [-0.15, -0.1) is 0 Å². The lowest BCUT2D eigenvalue weighted by Crippen LogP contribution is -2.50. The third kappa shape index (κ3) is 1.51. The zero-order chi connectivity index (χ0) is 14.4. The van der Waals surface area contributed by atoms with Crippen LogP contribution in [0.4, 0.5) is 0 Å². The fourth-order valence-electron chi connectivity index (χ4n) is 7.39. The van der Waals surface area contributed by atoms with Gasteiger partial charge in [0.1, 0.15) is 0 Å². The van der Waals surface area contributed by atoms with E-state index in [1.807, 2.05) is 0 Å². The van der Waals surface area contributed by atoms with Crippen molar-refractivity contribution in [3.63, 3.8) is 0 Å². The zero-order valence-corrected chi connectivity index (χ0v) is 13.5. The molecule has 5 aliphatic rings. The van der Waals surface area contributed by atoms with Crippen LogP contribution in [0.25, 0.3) is 0 Å². The molecule has 114 valence electrons. The highest BCUT2D eigenvalue weighted by Gasteiger charge is 2.66. The Morgan fingerprint density at radius 2 is 1.95 bits per heavy atom. The Morgan fingerprint density at radius 1 is 1.10 bits per heavy atom. The Hall–Kier alpha value is -0.590. The van der Waals surface area contributed by atoms with Gasteiger partial charge >= 0.3 is 0 Å². The predicted octanol–water partition coefficient (Wildman–Crippen LogP) is 4.76. The van der Waals surface area contributed by atoms with Crippen LogP contribution in [-0.4, -0.2) is 5.78 Å². The van der Waals surface area contributed by atoms with Gasteiger partial charge in [0.05, 0.1) is 0 Å². The number of fused-ring (bicyclic) bond motifs is 8. The first-order valence-corrected chi connectivity index (χ1v) is 9.28. The summed E-state index contributed by atoms with van der Waals surface area (Å²) in [6.07, 6.45) is 12.8. The minimum atomic E-state index is 0.375. The molecule has 0 amide bonds. The Kier molecular flexibility index (Phi) is 2.36. The fourth-order valence-corrected chi connectivity index (χ4v) is 7.39. The van der Waals surface area contributed by atoms with Gasteiger partial charge in [-0.2, -0.15) is 0 Å². The van der Waals surface area contributed by atoms with Crippen molar-refractivity contribution in [1.82, 2.24) is 0 Å². The average Bonchev–Trinajstić information content (AvgIpc) is 3.14. The maximum Gasteiger partial charge on any atom is 0.155 e. The molecule has 0 aliphatic heterocycles. The van der Waals surface area contributed by atoms with Crippen LogP contribution < -0.4 is 0 Å². The van der Waals surface area contributed by atoms with Crippen molar-refractivity contribution < 1.29 is 4.79 Å². The smallest absolute Gasteiger partial charge is 0.155 e. The van der Waals surface area contributed by atoms with E-state index >= 15 is 0 Å². The second kappa shape index (κ2) is 3.84. The van der Waals surface area contributed by atoms with E-state index in [9.17, 15) is 4.79 Å². The monoisotopic (exact) mass is 284 g/mol. The molecule has 0 aromatic heterocycles. The number of hydrogen-bond donors (Lipinski definition) is 0. The standard InChI is InChI=1S/C20H28O/c1-19-7-3-4-15(19)18-14-11-13(14)17-10-12(21)5-9-20(17,2)16(18)6-8-19/h10,13-16,18H,3-9,11H2,1-2H3/t13?,14?,15-,16-,18-,19-,20+/m0/s1. The summed E-state index contributed by atoms with van der Waals surface area (Å²) in [5, 5.41) is 0. The van der Waals surface area contributed by atoms with Gasteiger partial charge in [0, 0.05) is 6.42 Å². The number of hydrogen-bond acceptors (Lipinski definition) is 1. The van der Waals surface area contributed by atoms with E-state index in [0.29, 0.717) is 16.6 Å². The summed E-state index contributed by atoms with van der Waals surface area (Å²) in [4.78, 5) is 11.9. The molecule has 5 rings (SSSR count). The average molecular weight is 284 g/mol. The van der Waals surface area contributed by atoms with Gasteiger partial charge < -0.3 is 0 Å². The lowest BCUT2D eigenvalue weighted by Gasteiger charge is -2.57. The summed E-state index contributed by atoms with van der Waals surface area (Å²) in [7, 11) is 0. The van der Waals surface area contributed by atoms with Crippen LogP contribution in [0, 0.1) is 40.4 Å². The maximum atomic E-state index is 11.9. The van der Waals surface area contributed by atoms with E-state index in [2.05, 4.69) is 19.9 Å². The van der Waals surface area contributed by atoms with Crippen molar-refractivity contribution in [3.8, 4) is 0 Å². The maximum absolute atomic E-state index is 11.9. The van der Waals surface area contributed by atoms with Crippen molar-refractivity contribution in [2.24, 2.45) is 40.4 Å². The molecule has 2 unspecified atom stereocenters. The van der Waals surface area contributed by atoms with Gasteiger partial charge in [0.2, 0.25) is 0 Å². The normalized spacial score (nSPS) is 57.7. The van der Waals surface area contributed by atoms with Crippen LogP contribution in [-0.2, 0) is 4.79 Å². The summed E-state index contributed by atoms with van der Waals surface area (Å²) in [6.45, 7) is 5.12. The van der Waals surface area contributed by atoms with Crippen LogP contribution in [0.15, 0.2) is 11.6 Å². The molecule has 5 aliphatic carbocycles. The molecule has 0 saturated heterocycles. The summed E-state index contributed by atoms with van der Waals surface area (Å²) in [5.74, 6) is 5.03. The molecule has 4 saturated carbocycles. The molecule has 0 aromatic rings. The van der Waals surface area contributed by atoms with Crippen LogP contribution in [0.5, 0.6) is 0 Å². The van der Waals surface area contributed by atoms with Crippen LogP contribution in [0.2, 0.25) is 0 Å². The van der Waals surface area contributed by atoms with Crippen LogP contribution >= 0.6 is 0 Å². The third-order valence-corrected chi connectivity index (χ3v) is 8.53. The number of ketones is 1. The molecule has 7 atom stereocenters. The second-order valence-electron chi connectivity index (χ2n) is 9.36. The van der Waals surface area contributed by atoms with Gasteiger partial charge in [-0.3, -0.25) is 4.79 Å². The van der Waals surface area contributed by atoms with Crippen LogP contribution in [0.1, 0.15) is 65.2 Å². The molecule has 4 fully saturated rings. The Balaban J connectivity index is 1.59. The summed E-state index contributed by atoms with van der Waals surface area (Å²) in [6, 6.07) is 0. The number of carbonyl (C=O) groups is 1.